The van der Waals surface area contributed by atoms with Gasteiger partial charge in [0.15, 0.2) is 0 Å². The van der Waals surface area contributed by atoms with Crippen molar-refractivity contribution in [2.45, 2.75) is 6.92 Å². The Morgan fingerprint density at radius 2 is 1.89 bits per heavy atom. The molecule has 6 heteroatoms. The van der Waals surface area contributed by atoms with Crippen LogP contribution in [0.3, 0.4) is 0 Å². The van der Waals surface area contributed by atoms with Crippen LogP contribution in [0.15, 0.2) is 18.2 Å². The molecular weight excluding hydrogens is 248 g/mol. The average molecular weight is 262 g/mol. The van der Waals surface area contributed by atoms with Crippen molar-refractivity contribution < 1.29 is 19.5 Å². The van der Waals surface area contributed by atoms with Gasteiger partial charge >= 0.3 is 0 Å². The van der Waals surface area contributed by atoms with Gasteiger partial charge in [-0.2, -0.15) is 0 Å². The van der Waals surface area contributed by atoms with Gasteiger partial charge in [0.2, 0.25) is 0 Å². The van der Waals surface area contributed by atoms with Crippen LogP contribution in [0.25, 0.3) is 10.9 Å². The number of benzene rings is 1. The predicted molar refractivity (Wildman–Crippen MR) is 68.8 cm³/mol. The summed E-state index contributed by atoms with van der Waals surface area (Å²) in [4.78, 5) is 16.1. The van der Waals surface area contributed by atoms with Crippen molar-refractivity contribution in [3.05, 3.63) is 29.5 Å². The predicted octanol–water partition coefficient (Wildman–Crippen LogP) is 1.68. The fraction of sp³-hybridized carbons (Fsp3) is 0.231. The lowest BCUT2D eigenvalue weighted by Gasteiger charge is -2.12. The number of nitrogens with one attached hydrogen (secondary N) is 1. The zero-order valence-corrected chi connectivity index (χ0v) is 10.9. The topological polar surface area (TPSA) is 80.7 Å². The van der Waals surface area contributed by atoms with E-state index < -0.39 is 5.91 Å². The number of amides is 1. The number of fused-ring (bicyclic) bond motifs is 1. The summed E-state index contributed by atoms with van der Waals surface area (Å²) in [5.74, 6) is 0.399. The number of hydroxylamine groups is 1. The first-order chi connectivity index (χ1) is 9.12. The summed E-state index contributed by atoms with van der Waals surface area (Å²) < 4.78 is 10.5. The number of aryl methyl sites for hydroxylation is 1. The van der Waals surface area contributed by atoms with Crippen molar-refractivity contribution in [1.29, 1.82) is 0 Å². The highest BCUT2D eigenvalue weighted by atomic mass is 16.5. The van der Waals surface area contributed by atoms with Crippen LogP contribution >= 0.6 is 0 Å². The number of hydrogen-bond donors (Lipinski definition) is 2. The maximum atomic E-state index is 11.8. The largest absolute Gasteiger partial charge is 0.496 e. The van der Waals surface area contributed by atoms with Crippen LogP contribution in [0.5, 0.6) is 11.5 Å². The second-order valence-corrected chi connectivity index (χ2v) is 3.95. The molecule has 0 aliphatic carbocycles. The molecule has 6 nitrogen and oxygen atoms in total. The molecular formula is C13H14N2O4. The number of rotatable bonds is 3. The first kappa shape index (κ1) is 13.1. The molecule has 1 amide bonds. The Morgan fingerprint density at radius 3 is 2.47 bits per heavy atom. The van der Waals surface area contributed by atoms with Crippen molar-refractivity contribution in [3.63, 3.8) is 0 Å². The fourth-order valence-electron chi connectivity index (χ4n) is 1.99. The van der Waals surface area contributed by atoms with Crippen molar-refractivity contribution in [3.8, 4) is 11.5 Å². The van der Waals surface area contributed by atoms with E-state index >= 15 is 0 Å². The van der Waals surface area contributed by atoms with E-state index in [1.165, 1.54) is 14.2 Å². The van der Waals surface area contributed by atoms with Crippen LogP contribution in [0.2, 0.25) is 0 Å². The van der Waals surface area contributed by atoms with Gasteiger partial charge in [-0.1, -0.05) is 0 Å². The van der Waals surface area contributed by atoms with Crippen LogP contribution in [0.4, 0.5) is 0 Å². The number of nitrogens with zero attached hydrogens (tertiary/aromatic N) is 1. The lowest BCUT2D eigenvalue weighted by atomic mass is 10.1. The Kier molecular flexibility index (Phi) is 3.52. The molecule has 0 atom stereocenters. The molecule has 1 aromatic heterocycles. The minimum atomic E-state index is -0.623. The minimum Gasteiger partial charge on any atom is -0.496 e. The van der Waals surface area contributed by atoms with Gasteiger partial charge in [-0.05, 0) is 25.1 Å². The molecule has 0 aliphatic rings. The van der Waals surface area contributed by atoms with E-state index in [0.717, 1.165) is 0 Å². The molecule has 0 fully saturated rings. The Hall–Kier alpha value is -2.34. The third-order valence-electron chi connectivity index (χ3n) is 2.80. The second kappa shape index (κ2) is 5.11. The van der Waals surface area contributed by atoms with Crippen molar-refractivity contribution >= 4 is 16.8 Å². The van der Waals surface area contributed by atoms with Crippen LogP contribution in [0, 0.1) is 6.92 Å². The molecule has 2 N–H and O–H groups in total. The Balaban J connectivity index is 2.91. The molecule has 2 rings (SSSR count). The van der Waals surface area contributed by atoms with Crippen molar-refractivity contribution in [1.82, 2.24) is 10.5 Å². The quantitative estimate of drug-likeness (QED) is 0.649. The third-order valence-corrected chi connectivity index (χ3v) is 2.80. The number of carbonyl (C=O) groups excluding carboxylic acids is 1. The van der Waals surface area contributed by atoms with E-state index in [9.17, 15) is 4.79 Å². The summed E-state index contributed by atoms with van der Waals surface area (Å²) in [7, 11) is 3.03. The van der Waals surface area contributed by atoms with Crippen LogP contribution < -0.4 is 15.0 Å². The molecule has 19 heavy (non-hydrogen) atoms. The van der Waals surface area contributed by atoms with E-state index in [4.69, 9.17) is 14.7 Å². The fourth-order valence-corrected chi connectivity index (χ4v) is 1.99. The van der Waals surface area contributed by atoms with Crippen LogP contribution in [-0.4, -0.2) is 30.3 Å². The summed E-state index contributed by atoms with van der Waals surface area (Å²) in [5.41, 5.74) is 3.06. The summed E-state index contributed by atoms with van der Waals surface area (Å²) >= 11 is 0. The van der Waals surface area contributed by atoms with Gasteiger partial charge in [0.1, 0.15) is 17.0 Å². The van der Waals surface area contributed by atoms with E-state index in [1.807, 2.05) is 0 Å². The summed E-state index contributed by atoms with van der Waals surface area (Å²) in [6.45, 7) is 1.76. The zero-order chi connectivity index (χ0) is 14.0. The number of hydrogen-bond acceptors (Lipinski definition) is 5. The summed E-state index contributed by atoms with van der Waals surface area (Å²) in [6.07, 6.45) is 0. The number of pyridine rings is 1. The maximum Gasteiger partial charge on any atom is 0.275 e. The van der Waals surface area contributed by atoms with Crippen LogP contribution in [-0.2, 0) is 0 Å². The molecule has 0 saturated carbocycles. The summed E-state index contributed by atoms with van der Waals surface area (Å²) in [6, 6.07) is 4.98. The molecule has 0 bridgehead atoms. The lowest BCUT2D eigenvalue weighted by molar-refractivity contribution is 0.0708. The third kappa shape index (κ3) is 2.17. The highest BCUT2D eigenvalue weighted by Crippen LogP contribution is 2.34. The van der Waals surface area contributed by atoms with Gasteiger partial charge in [0, 0.05) is 5.69 Å². The van der Waals surface area contributed by atoms with E-state index in [1.54, 1.807) is 30.6 Å². The van der Waals surface area contributed by atoms with Gasteiger partial charge in [-0.25, -0.2) is 10.5 Å². The molecule has 0 spiro atoms. The number of aromatic nitrogens is 1. The molecule has 0 saturated heterocycles. The minimum absolute atomic E-state index is 0.278. The highest BCUT2D eigenvalue weighted by molar-refractivity contribution is 6.09. The molecule has 2 aromatic rings. The first-order valence-electron chi connectivity index (χ1n) is 5.59. The second-order valence-electron chi connectivity index (χ2n) is 3.95. The molecule has 0 aliphatic heterocycles. The smallest absolute Gasteiger partial charge is 0.275 e. The summed E-state index contributed by atoms with van der Waals surface area (Å²) in [5, 5.41) is 9.34. The highest BCUT2D eigenvalue weighted by Gasteiger charge is 2.18. The average Bonchev–Trinajstić information content (AvgIpc) is 2.44. The first-order valence-corrected chi connectivity index (χ1v) is 5.59. The van der Waals surface area contributed by atoms with E-state index in [-0.39, 0.29) is 5.56 Å². The Bertz CT molecular complexity index is 640. The van der Waals surface area contributed by atoms with Gasteiger partial charge in [0.05, 0.1) is 25.2 Å². The zero-order valence-electron chi connectivity index (χ0n) is 10.9. The maximum absolute atomic E-state index is 11.8. The van der Waals surface area contributed by atoms with E-state index in [2.05, 4.69) is 4.98 Å². The van der Waals surface area contributed by atoms with E-state index in [0.29, 0.717) is 28.1 Å². The number of ether oxygens (including phenoxy) is 2. The molecule has 0 radical (unpaired) electrons. The van der Waals surface area contributed by atoms with Crippen LogP contribution in [0.1, 0.15) is 16.1 Å². The lowest BCUT2D eigenvalue weighted by Crippen LogP contribution is -2.19. The Morgan fingerprint density at radius 1 is 1.26 bits per heavy atom. The molecule has 1 heterocycles. The molecule has 1 aromatic carbocycles. The van der Waals surface area contributed by atoms with Gasteiger partial charge in [-0.15, -0.1) is 0 Å². The SMILES string of the molecule is COc1ccc(OC)c2c(C(=O)NO)cc(C)nc12. The normalized spacial score (nSPS) is 10.3. The molecule has 0 unspecified atom stereocenters. The monoisotopic (exact) mass is 262 g/mol. The van der Waals surface area contributed by atoms with Gasteiger partial charge in [0.25, 0.3) is 5.91 Å². The molecule has 100 valence electrons. The number of methoxy groups -OCH3 is 2. The van der Waals surface area contributed by atoms with Gasteiger partial charge in [-0.3, -0.25) is 10.0 Å². The number of carbonyl (C=O) groups is 1. The standard InChI is InChI=1S/C13H14N2O4/c1-7-6-8(13(16)15-17)11-9(18-2)4-5-10(19-3)12(11)14-7/h4-6,17H,1-3H3,(H,15,16). The van der Waals surface area contributed by atoms with Gasteiger partial charge < -0.3 is 9.47 Å². The van der Waals surface area contributed by atoms with Crippen molar-refractivity contribution in [2.24, 2.45) is 0 Å². The Labute approximate surface area is 109 Å². The van der Waals surface area contributed by atoms with Crippen molar-refractivity contribution in [2.75, 3.05) is 14.2 Å².